The average Bonchev–Trinajstić information content (AvgIpc) is 3.16. The lowest BCUT2D eigenvalue weighted by molar-refractivity contribution is -0.384. The number of amides is 2. The van der Waals surface area contributed by atoms with Crippen molar-refractivity contribution in [1.82, 2.24) is 14.8 Å². The molecule has 0 aliphatic rings. The van der Waals surface area contributed by atoms with Crippen molar-refractivity contribution in [3.8, 4) is 0 Å². The number of aromatic nitrogens is 3. The highest BCUT2D eigenvalue weighted by atomic mass is 32.2. The maximum Gasteiger partial charge on any atom is 0.269 e. The molecular weight excluding hydrogens is 444 g/mol. The van der Waals surface area contributed by atoms with E-state index >= 15 is 0 Å². The number of hydrogen-bond acceptors (Lipinski definition) is 7. The van der Waals surface area contributed by atoms with Crippen LogP contribution >= 0.6 is 11.8 Å². The van der Waals surface area contributed by atoms with E-state index in [9.17, 15) is 19.7 Å². The summed E-state index contributed by atoms with van der Waals surface area (Å²) in [4.78, 5) is 35.2. The fraction of sp³-hybridized carbons (Fsp3) is 0.273. The fourth-order valence-electron chi connectivity index (χ4n) is 3.08. The monoisotopic (exact) mass is 468 g/mol. The summed E-state index contributed by atoms with van der Waals surface area (Å²) in [6.07, 6.45) is 0.0590. The summed E-state index contributed by atoms with van der Waals surface area (Å²) in [5, 5.41) is 25.2. The van der Waals surface area contributed by atoms with Crippen LogP contribution in [0.3, 0.4) is 0 Å². The number of benzene rings is 2. The number of hydrogen-bond donors (Lipinski definition) is 2. The largest absolute Gasteiger partial charge is 0.326 e. The van der Waals surface area contributed by atoms with E-state index in [-0.39, 0.29) is 29.7 Å². The maximum atomic E-state index is 12.4. The molecule has 0 unspecified atom stereocenters. The van der Waals surface area contributed by atoms with Crippen molar-refractivity contribution in [1.29, 1.82) is 0 Å². The average molecular weight is 469 g/mol. The van der Waals surface area contributed by atoms with Crippen LogP contribution in [-0.2, 0) is 22.6 Å². The number of nitro groups is 1. The standard InChI is InChI=1S/C22H24N6O4S/c1-4-27-19(12-20(29)23-16-7-5-14(2)6-8-16)25-26-22(27)33-13-21(30)24-18-10-9-17(28(31)32)11-15(18)3/h5-11H,4,12-13H2,1-3H3,(H,23,29)(H,24,30). The molecule has 0 atom stereocenters. The lowest BCUT2D eigenvalue weighted by atomic mass is 10.2. The molecule has 0 aliphatic heterocycles. The van der Waals surface area contributed by atoms with Crippen molar-refractivity contribution in [3.63, 3.8) is 0 Å². The molecule has 1 aromatic heterocycles. The number of anilines is 2. The molecule has 2 amide bonds. The van der Waals surface area contributed by atoms with Crippen LogP contribution in [0.1, 0.15) is 23.9 Å². The van der Waals surface area contributed by atoms with E-state index in [1.165, 1.54) is 30.0 Å². The van der Waals surface area contributed by atoms with E-state index in [1.54, 1.807) is 11.5 Å². The summed E-state index contributed by atoms with van der Waals surface area (Å²) >= 11 is 1.20. The number of thioether (sulfide) groups is 1. The fourth-order valence-corrected chi connectivity index (χ4v) is 3.90. The highest BCUT2D eigenvalue weighted by Gasteiger charge is 2.17. The topological polar surface area (TPSA) is 132 Å². The number of nitrogens with zero attached hydrogens (tertiary/aromatic N) is 4. The van der Waals surface area contributed by atoms with Crippen molar-refractivity contribution in [2.24, 2.45) is 0 Å². The zero-order valence-corrected chi connectivity index (χ0v) is 19.3. The van der Waals surface area contributed by atoms with Crippen molar-refractivity contribution in [3.05, 3.63) is 69.5 Å². The summed E-state index contributed by atoms with van der Waals surface area (Å²) in [7, 11) is 0. The van der Waals surface area contributed by atoms with Gasteiger partial charge >= 0.3 is 0 Å². The van der Waals surface area contributed by atoms with Crippen LogP contribution in [0, 0.1) is 24.0 Å². The quantitative estimate of drug-likeness (QED) is 0.278. The molecule has 0 spiro atoms. The van der Waals surface area contributed by atoms with E-state index in [2.05, 4.69) is 20.8 Å². The molecule has 0 radical (unpaired) electrons. The van der Waals surface area contributed by atoms with Crippen molar-refractivity contribution in [2.45, 2.75) is 38.9 Å². The van der Waals surface area contributed by atoms with E-state index in [0.29, 0.717) is 34.5 Å². The molecular formula is C22H24N6O4S. The van der Waals surface area contributed by atoms with E-state index in [0.717, 1.165) is 5.56 Å². The number of non-ortho nitro benzene ring substituents is 1. The minimum atomic E-state index is -0.481. The number of carbonyl (C=O) groups is 2. The third kappa shape index (κ3) is 6.39. The summed E-state index contributed by atoms with van der Waals surface area (Å²) in [5.74, 6) is 0.103. The minimum Gasteiger partial charge on any atom is -0.326 e. The van der Waals surface area contributed by atoms with Gasteiger partial charge in [0.2, 0.25) is 11.8 Å². The van der Waals surface area contributed by atoms with Crippen LogP contribution < -0.4 is 10.6 Å². The van der Waals surface area contributed by atoms with Gasteiger partial charge in [-0.3, -0.25) is 19.7 Å². The second-order valence-electron chi connectivity index (χ2n) is 7.33. The molecule has 0 bridgehead atoms. The number of aryl methyl sites for hydroxylation is 2. The number of carbonyl (C=O) groups excluding carboxylic acids is 2. The first-order chi connectivity index (χ1) is 15.8. The predicted octanol–water partition coefficient (Wildman–Crippen LogP) is 3.74. The van der Waals surface area contributed by atoms with Gasteiger partial charge in [0, 0.05) is 30.1 Å². The van der Waals surface area contributed by atoms with Gasteiger partial charge in [-0.15, -0.1) is 10.2 Å². The van der Waals surface area contributed by atoms with Crippen molar-refractivity contribution < 1.29 is 14.5 Å². The number of rotatable bonds is 9. The summed E-state index contributed by atoms with van der Waals surface area (Å²) in [6, 6.07) is 11.8. The van der Waals surface area contributed by atoms with Crippen LogP contribution in [-0.4, -0.2) is 37.3 Å². The van der Waals surface area contributed by atoms with Gasteiger partial charge in [0.05, 0.1) is 17.1 Å². The Morgan fingerprint density at radius 2 is 1.79 bits per heavy atom. The van der Waals surface area contributed by atoms with Gasteiger partial charge in [-0.2, -0.15) is 0 Å². The van der Waals surface area contributed by atoms with Gasteiger partial charge in [-0.1, -0.05) is 29.5 Å². The van der Waals surface area contributed by atoms with E-state index in [4.69, 9.17) is 0 Å². The molecule has 3 rings (SSSR count). The highest BCUT2D eigenvalue weighted by Crippen LogP contribution is 2.22. The molecule has 0 aliphatic carbocycles. The molecule has 172 valence electrons. The SMILES string of the molecule is CCn1c(CC(=O)Nc2ccc(C)cc2)nnc1SCC(=O)Nc1ccc([N+](=O)[O-])cc1C. The van der Waals surface area contributed by atoms with Crippen molar-refractivity contribution >= 4 is 40.6 Å². The van der Waals surface area contributed by atoms with Gasteiger partial charge in [0.15, 0.2) is 5.16 Å². The Bertz CT molecular complexity index is 1180. The Morgan fingerprint density at radius 3 is 2.42 bits per heavy atom. The maximum absolute atomic E-state index is 12.4. The number of nitrogens with one attached hydrogen (secondary N) is 2. The van der Waals surface area contributed by atoms with Gasteiger partial charge in [-0.05, 0) is 44.5 Å². The van der Waals surface area contributed by atoms with Gasteiger partial charge < -0.3 is 15.2 Å². The Hall–Kier alpha value is -3.73. The second kappa shape index (κ2) is 10.7. The Balaban J connectivity index is 1.58. The molecule has 0 fully saturated rings. The Morgan fingerprint density at radius 1 is 1.06 bits per heavy atom. The first-order valence-electron chi connectivity index (χ1n) is 10.2. The third-order valence-corrected chi connectivity index (χ3v) is 5.76. The summed E-state index contributed by atoms with van der Waals surface area (Å²) < 4.78 is 1.80. The molecule has 0 saturated heterocycles. The smallest absolute Gasteiger partial charge is 0.269 e. The summed E-state index contributed by atoms with van der Waals surface area (Å²) in [5.41, 5.74) is 2.89. The van der Waals surface area contributed by atoms with E-state index < -0.39 is 4.92 Å². The zero-order valence-electron chi connectivity index (χ0n) is 18.5. The second-order valence-corrected chi connectivity index (χ2v) is 8.27. The molecule has 11 heteroatoms. The molecule has 10 nitrogen and oxygen atoms in total. The van der Waals surface area contributed by atoms with Crippen molar-refractivity contribution in [2.75, 3.05) is 16.4 Å². The first-order valence-corrected chi connectivity index (χ1v) is 11.2. The molecule has 0 saturated carbocycles. The normalized spacial score (nSPS) is 10.6. The molecule has 3 aromatic rings. The van der Waals surface area contributed by atoms with Gasteiger partial charge in [0.1, 0.15) is 5.82 Å². The van der Waals surface area contributed by atoms with Crippen LogP contribution in [0.15, 0.2) is 47.6 Å². The Kier molecular flexibility index (Phi) is 7.78. The minimum absolute atomic E-state index is 0.0325. The lowest BCUT2D eigenvalue weighted by Crippen LogP contribution is -2.18. The Labute approximate surface area is 194 Å². The van der Waals surface area contributed by atoms with Gasteiger partial charge in [-0.25, -0.2) is 0 Å². The van der Waals surface area contributed by atoms with E-state index in [1.807, 2.05) is 38.1 Å². The van der Waals surface area contributed by atoms with Crippen LogP contribution in [0.4, 0.5) is 17.1 Å². The molecule has 33 heavy (non-hydrogen) atoms. The zero-order chi connectivity index (χ0) is 24.0. The molecule has 2 aromatic carbocycles. The summed E-state index contributed by atoms with van der Waals surface area (Å²) in [6.45, 7) is 6.12. The molecule has 1 heterocycles. The lowest BCUT2D eigenvalue weighted by Gasteiger charge is -2.09. The van der Waals surface area contributed by atoms with Crippen LogP contribution in [0.2, 0.25) is 0 Å². The first kappa shape index (κ1) is 23.9. The van der Waals surface area contributed by atoms with Crippen LogP contribution in [0.5, 0.6) is 0 Å². The third-order valence-electron chi connectivity index (χ3n) is 4.79. The van der Waals surface area contributed by atoms with Gasteiger partial charge in [0.25, 0.3) is 5.69 Å². The van der Waals surface area contributed by atoms with Crippen LogP contribution in [0.25, 0.3) is 0 Å². The predicted molar refractivity (Wildman–Crippen MR) is 126 cm³/mol. The highest BCUT2D eigenvalue weighted by molar-refractivity contribution is 7.99. The number of nitro benzene ring substituents is 1. The molecule has 2 N–H and O–H groups in total.